The molecule has 8 heteroatoms. The Balaban J connectivity index is 2.06. The first-order valence-electron chi connectivity index (χ1n) is 5.60. The second-order valence-corrected chi connectivity index (χ2v) is 6.66. The molecule has 0 aliphatic carbocycles. The van der Waals surface area contributed by atoms with E-state index in [0.29, 0.717) is 11.4 Å². The van der Waals surface area contributed by atoms with E-state index in [4.69, 9.17) is 0 Å². The average Bonchev–Trinajstić information content (AvgIpc) is 2.98. The number of hydrogen-bond donors (Lipinski definition) is 2. The van der Waals surface area contributed by atoms with Crippen LogP contribution in [0.15, 0.2) is 28.0 Å². The lowest BCUT2D eigenvalue weighted by molar-refractivity contribution is 0.182. The van der Waals surface area contributed by atoms with Gasteiger partial charge in [0.1, 0.15) is 5.82 Å². The van der Waals surface area contributed by atoms with Gasteiger partial charge in [-0.05, 0) is 29.3 Å². The Kier molecular flexibility index (Phi) is 4.04. The number of aliphatic hydroxyl groups is 1. The molecule has 2 heterocycles. The van der Waals surface area contributed by atoms with Crippen LogP contribution in [0.1, 0.15) is 17.5 Å². The highest BCUT2D eigenvalue weighted by molar-refractivity contribution is 7.89. The lowest BCUT2D eigenvalue weighted by atomic mass is 10.2. The van der Waals surface area contributed by atoms with E-state index in [1.165, 1.54) is 17.5 Å². The Morgan fingerprint density at radius 3 is 2.84 bits per heavy atom. The smallest absolute Gasteiger partial charge is 0.259 e. The number of aromatic nitrogens is 2. The Labute approximate surface area is 115 Å². The third-order valence-electron chi connectivity index (χ3n) is 2.76. The molecule has 1 unspecified atom stereocenters. The summed E-state index contributed by atoms with van der Waals surface area (Å²) in [6.07, 6.45) is 0.583. The highest BCUT2D eigenvalue weighted by Gasteiger charge is 2.20. The first-order chi connectivity index (χ1) is 8.90. The van der Waals surface area contributed by atoms with Crippen molar-refractivity contribution in [2.45, 2.75) is 18.1 Å². The van der Waals surface area contributed by atoms with Crippen LogP contribution in [0.4, 0.5) is 0 Å². The van der Waals surface area contributed by atoms with Gasteiger partial charge in [0, 0.05) is 19.8 Å². The molecule has 2 N–H and O–H groups in total. The minimum absolute atomic E-state index is 0.0370. The van der Waals surface area contributed by atoms with Crippen LogP contribution in [0.3, 0.4) is 0 Å². The van der Waals surface area contributed by atoms with Gasteiger partial charge >= 0.3 is 0 Å². The molecule has 0 bridgehead atoms. The van der Waals surface area contributed by atoms with Gasteiger partial charge in [-0.25, -0.2) is 18.1 Å². The number of hydrogen-bond acceptors (Lipinski definition) is 5. The number of nitrogens with one attached hydrogen (secondary N) is 1. The first-order valence-corrected chi connectivity index (χ1v) is 8.02. The summed E-state index contributed by atoms with van der Waals surface area (Å²) in [6.45, 7) is 1.65. The molecule has 2 aromatic rings. The SMILES string of the molecule is Cc1nc(S(=O)(=O)NCC(O)c2ccsc2)cn1C. The number of thiophene rings is 1. The molecule has 0 amide bonds. The summed E-state index contributed by atoms with van der Waals surface area (Å²) >= 11 is 1.45. The summed E-state index contributed by atoms with van der Waals surface area (Å²) in [6, 6.07) is 1.76. The molecular weight excluding hydrogens is 286 g/mol. The van der Waals surface area contributed by atoms with E-state index in [0.717, 1.165) is 0 Å². The summed E-state index contributed by atoms with van der Waals surface area (Å²) in [5, 5.41) is 13.4. The van der Waals surface area contributed by atoms with Gasteiger partial charge in [0.05, 0.1) is 6.10 Å². The van der Waals surface area contributed by atoms with Crippen LogP contribution in [-0.4, -0.2) is 29.6 Å². The van der Waals surface area contributed by atoms with E-state index in [1.54, 1.807) is 30.0 Å². The molecule has 6 nitrogen and oxygen atoms in total. The van der Waals surface area contributed by atoms with Crippen LogP contribution in [-0.2, 0) is 17.1 Å². The van der Waals surface area contributed by atoms with Crippen molar-refractivity contribution in [3.63, 3.8) is 0 Å². The molecule has 0 aliphatic heterocycles. The number of aliphatic hydroxyl groups excluding tert-OH is 1. The highest BCUT2D eigenvalue weighted by atomic mass is 32.2. The maximum absolute atomic E-state index is 12.0. The maximum Gasteiger partial charge on any atom is 0.259 e. The van der Waals surface area contributed by atoms with Crippen molar-refractivity contribution in [2.24, 2.45) is 7.05 Å². The molecule has 104 valence electrons. The summed E-state index contributed by atoms with van der Waals surface area (Å²) in [4.78, 5) is 3.96. The molecule has 0 aliphatic rings. The van der Waals surface area contributed by atoms with Gasteiger partial charge in [0.25, 0.3) is 10.0 Å². The fourth-order valence-electron chi connectivity index (χ4n) is 1.50. The van der Waals surface area contributed by atoms with Gasteiger partial charge in [-0.15, -0.1) is 0 Å². The average molecular weight is 301 g/mol. The van der Waals surface area contributed by atoms with E-state index >= 15 is 0 Å². The van der Waals surface area contributed by atoms with E-state index in [1.807, 2.05) is 5.38 Å². The molecule has 0 radical (unpaired) electrons. The predicted octanol–water partition coefficient (Wildman–Crippen LogP) is 0.802. The summed E-state index contributed by atoms with van der Waals surface area (Å²) < 4.78 is 27.9. The molecule has 0 fully saturated rings. The third-order valence-corrected chi connectivity index (χ3v) is 4.75. The monoisotopic (exact) mass is 301 g/mol. The largest absolute Gasteiger partial charge is 0.387 e. The van der Waals surface area contributed by atoms with Gasteiger partial charge in [0.15, 0.2) is 5.03 Å². The minimum Gasteiger partial charge on any atom is -0.387 e. The maximum atomic E-state index is 12.0. The van der Waals surface area contributed by atoms with E-state index < -0.39 is 16.1 Å². The van der Waals surface area contributed by atoms with Gasteiger partial charge < -0.3 is 9.67 Å². The molecule has 0 saturated heterocycles. The second kappa shape index (κ2) is 5.41. The molecular formula is C11H15N3O3S2. The van der Waals surface area contributed by atoms with Crippen molar-refractivity contribution in [3.8, 4) is 0 Å². The van der Waals surface area contributed by atoms with Crippen molar-refractivity contribution in [2.75, 3.05) is 6.54 Å². The zero-order valence-electron chi connectivity index (χ0n) is 10.6. The lowest BCUT2D eigenvalue weighted by Crippen LogP contribution is -2.28. The van der Waals surface area contributed by atoms with Crippen LogP contribution < -0.4 is 4.72 Å². The molecule has 0 spiro atoms. The number of rotatable bonds is 5. The molecule has 1 atom stereocenters. The van der Waals surface area contributed by atoms with Crippen LogP contribution in [0.5, 0.6) is 0 Å². The van der Waals surface area contributed by atoms with Crippen LogP contribution >= 0.6 is 11.3 Å². The first kappa shape index (κ1) is 14.2. The summed E-state index contributed by atoms with van der Waals surface area (Å²) in [5.74, 6) is 0.610. The van der Waals surface area contributed by atoms with Crippen molar-refractivity contribution in [3.05, 3.63) is 34.4 Å². The number of imidazole rings is 1. The van der Waals surface area contributed by atoms with Crippen molar-refractivity contribution in [1.82, 2.24) is 14.3 Å². The van der Waals surface area contributed by atoms with Crippen LogP contribution in [0.2, 0.25) is 0 Å². The van der Waals surface area contributed by atoms with E-state index in [9.17, 15) is 13.5 Å². The standard InChI is InChI=1S/C11H15N3O3S2/c1-8-13-11(6-14(8)2)19(16,17)12-5-10(15)9-3-4-18-7-9/h3-4,6-7,10,12,15H,5H2,1-2H3. The Bertz CT molecular complexity index is 627. The molecule has 0 saturated carbocycles. The molecule has 2 aromatic heterocycles. The fraction of sp³-hybridized carbons (Fsp3) is 0.364. The van der Waals surface area contributed by atoms with Gasteiger partial charge in [0.2, 0.25) is 0 Å². The minimum atomic E-state index is -3.69. The normalized spacial score (nSPS) is 13.6. The molecule has 0 aromatic carbocycles. The van der Waals surface area contributed by atoms with Crippen molar-refractivity contribution < 1.29 is 13.5 Å². The fourth-order valence-corrected chi connectivity index (χ4v) is 3.28. The Hall–Kier alpha value is -1.22. The third kappa shape index (κ3) is 3.21. The molecule has 19 heavy (non-hydrogen) atoms. The predicted molar refractivity (Wildman–Crippen MR) is 72.4 cm³/mol. The number of sulfonamides is 1. The highest BCUT2D eigenvalue weighted by Crippen LogP contribution is 2.16. The van der Waals surface area contributed by atoms with Gasteiger partial charge in [-0.1, -0.05) is 0 Å². The van der Waals surface area contributed by atoms with Crippen LogP contribution in [0, 0.1) is 6.92 Å². The van der Waals surface area contributed by atoms with Crippen LogP contribution in [0.25, 0.3) is 0 Å². The lowest BCUT2D eigenvalue weighted by Gasteiger charge is -2.09. The van der Waals surface area contributed by atoms with E-state index in [2.05, 4.69) is 9.71 Å². The van der Waals surface area contributed by atoms with Gasteiger partial charge in [-0.3, -0.25) is 0 Å². The van der Waals surface area contributed by atoms with Crippen molar-refractivity contribution >= 4 is 21.4 Å². The zero-order valence-corrected chi connectivity index (χ0v) is 12.2. The summed E-state index contributed by atoms with van der Waals surface area (Å²) in [5.41, 5.74) is 0.699. The number of aryl methyl sites for hydroxylation is 2. The van der Waals surface area contributed by atoms with Gasteiger partial charge in [-0.2, -0.15) is 11.3 Å². The Morgan fingerprint density at radius 1 is 1.58 bits per heavy atom. The Morgan fingerprint density at radius 2 is 2.32 bits per heavy atom. The summed E-state index contributed by atoms with van der Waals surface area (Å²) in [7, 11) is -1.96. The zero-order chi connectivity index (χ0) is 14.0. The van der Waals surface area contributed by atoms with Crippen molar-refractivity contribution in [1.29, 1.82) is 0 Å². The quantitative estimate of drug-likeness (QED) is 0.855. The number of nitrogens with zero attached hydrogens (tertiary/aromatic N) is 2. The topological polar surface area (TPSA) is 84.2 Å². The second-order valence-electron chi connectivity index (χ2n) is 4.16. The molecule has 2 rings (SSSR count). The van der Waals surface area contributed by atoms with E-state index in [-0.39, 0.29) is 11.6 Å².